The first-order valence-electron chi connectivity index (χ1n) is 5.89. The zero-order chi connectivity index (χ0) is 14.2. The molecule has 4 nitrogen and oxygen atoms in total. The average Bonchev–Trinajstić information content (AvgIpc) is 3.12. The normalized spacial score (nSPS) is 15.3. The lowest BCUT2D eigenvalue weighted by atomic mass is 10.2. The molecule has 7 heteroatoms. The van der Waals surface area contributed by atoms with E-state index in [4.69, 9.17) is 10.7 Å². The quantitative estimate of drug-likeness (QED) is 0.770. The van der Waals surface area contributed by atoms with Crippen molar-refractivity contribution in [2.24, 2.45) is 0 Å². The molecule has 1 aliphatic rings. The molecule has 0 heterocycles. The van der Waals surface area contributed by atoms with Crippen LogP contribution < -0.4 is 0 Å². The van der Waals surface area contributed by atoms with Gasteiger partial charge in [0.05, 0.1) is 4.90 Å². The number of carbonyl (C=O) groups excluding carboxylic acids is 1. The van der Waals surface area contributed by atoms with Gasteiger partial charge in [0.2, 0.25) is 0 Å². The lowest BCUT2D eigenvalue weighted by molar-refractivity contribution is 0.0752. The van der Waals surface area contributed by atoms with Crippen molar-refractivity contribution >= 4 is 41.6 Å². The third-order valence-corrected chi connectivity index (χ3v) is 4.78. The SMILES string of the molecule is CCN(C(=O)c1cc(Br)cc(S(=O)(=O)Cl)c1)C1CC1. The molecule has 0 spiro atoms. The first-order chi connectivity index (χ1) is 8.82. The van der Waals surface area contributed by atoms with Crippen LogP contribution >= 0.6 is 26.6 Å². The lowest BCUT2D eigenvalue weighted by Crippen LogP contribution is -2.32. The fraction of sp³-hybridized carbons (Fsp3) is 0.417. The Labute approximate surface area is 125 Å². The number of amides is 1. The number of rotatable bonds is 4. The van der Waals surface area contributed by atoms with Gasteiger partial charge in [0, 0.05) is 33.3 Å². The molecule has 0 bridgehead atoms. The van der Waals surface area contributed by atoms with E-state index in [9.17, 15) is 13.2 Å². The number of halogens is 2. The molecule has 0 aliphatic heterocycles. The third kappa shape index (κ3) is 3.49. The average molecular weight is 367 g/mol. The van der Waals surface area contributed by atoms with E-state index in [0.717, 1.165) is 12.8 Å². The maximum Gasteiger partial charge on any atom is 0.261 e. The summed E-state index contributed by atoms with van der Waals surface area (Å²) in [7, 11) is 1.48. The van der Waals surface area contributed by atoms with E-state index in [0.29, 0.717) is 16.6 Å². The number of hydrogen-bond donors (Lipinski definition) is 0. The molecular formula is C12H13BrClNO3S. The molecule has 19 heavy (non-hydrogen) atoms. The second kappa shape index (κ2) is 5.42. The minimum absolute atomic E-state index is 0.0706. The van der Waals surface area contributed by atoms with Crippen molar-refractivity contribution in [1.29, 1.82) is 0 Å². The summed E-state index contributed by atoms with van der Waals surface area (Å²) in [5.74, 6) is -0.159. The summed E-state index contributed by atoms with van der Waals surface area (Å²) >= 11 is 3.20. The van der Waals surface area contributed by atoms with E-state index in [2.05, 4.69) is 15.9 Å². The van der Waals surface area contributed by atoms with Gasteiger partial charge in [0.15, 0.2) is 0 Å². The molecule has 1 aromatic rings. The molecule has 0 aromatic heterocycles. The van der Waals surface area contributed by atoms with Crippen molar-refractivity contribution in [3.8, 4) is 0 Å². The highest BCUT2D eigenvalue weighted by Crippen LogP contribution is 2.29. The van der Waals surface area contributed by atoms with E-state index >= 15 is 0 Å². The Morgan fingerprint density at radius 1 is 1.42 bits per heavy atom. The second-order valence-corrected chi connectivity index (χ2v) is 7.92. The smallest absolute Gasteiger partial charge is 0.261 e. The van der Waals surface area contributed by atoms with Crippen molar-refractivity contribution < 1.29 is 13.2 Å². The molecule has 1 saturated carbocycles. The predicted molar refractivity (Wildman–Crippen MR) is 76.9 cm³/mol. The van der Waals surface area contributed by atoms with E-state index in [1.165, 1.54) is 12.1 Å². The van der Waals surface area contributed by atoms with Gasteiger partial charge in [0.1, 0.15) is 0 Å². The van der Waals surface area contributed by atoms with Gasteiger partial charge in [-0.3, -0.25) is 4.79 Å². The molecule has 0 saturated heterocycles. The van der Waals surface area contributed by atoms with Crippen molar-refractivity contribution in [2.45, 2.75) is 30.7 Å². The van der Waals surface area contributed by atoms with Gasteiger partial charge >= 0.3 is 0 Å². The molecule has 104 valence electrons. The first kappa shape index (κ1) is 14.8. The predicted octanol–water partition coefficient (Wildman–Crippen LogP) is 3.00. The Hall–Kier alpha value is -0.590. The van der Waals surface area contributed by atoms with Crippen LogP contribution in [0.1, 0.15) is 30.1 Å². The summed E-state index contributed by atoms with van der Waals surface area (Å²) in [5.41, 5.74) is 0.336. The summed E-state index contributed by atoms with van der Waals surface area (Å²) < 4.78 is 23.2. The Morgan fingerprint density at radius 3 is 2.53 bits per heavy atom. The molecular weight excluding hydrogens is 354 g/mol. The second-order valence-electron chi connectivity index (χ2n) is 4.44. The summed E-state index contributed by atoms with van der Waals surface area (Å²) in [6.07, 6.45) is 2.02. The third-order valence-electron chi connectivity index (χ3n) is 2.99. The first-order valence-corrected chi connectivity index (χ1v) is 8.99. The van der Waals surface area contributed by atoms with Gasteiger partial charge in [-0.25, -0.2) is 8.42 Å². The van der Waals surface area contributed by atoms with Gasteiger partial charge in [-0.05, 0) is 38.0 Å². The van der Waals surface area contributed by atoms with Crippen molar-refractivity contribution in [3.63, 3.8) is 0 Å². The van der Waals surface area contributed by atoms with E-state index < -0.39 is 9.05 Å². The Balaban J connectivity index is 2.39. The molecule has 1 aromatic carbocycles. The molecule has 1 amide bonds. The Kier molecular flexibility index (Phi) is 4.23. The van der Waals surface area contributed by atoms with Crippen LogP contribution in [0.25, 0.3) is 0 Å². The fourth-order valence-corrected chi connectivity index (χ4v) is 3.39. The number of nitrogens with zero attached hydrogens (tertiary/aromatic N) is 1. The van der Waals surface area contributed by atoms with E-state index in [1.807, 2.05) is 6.92 Å². The summed E-state index contributed by atoms with van der Waals surface area (Å²) in [5, 5.41) is 0. The largest absolute Gasteiger partial charge is 0.336 e. The zero-order valence-corrected chi connectivity index (χ0v) is 13.4. The maximum absolute atomic E-state index is 12.4. The van der Waals surface area contributed by atoms with Crippen LogP contribution in [0.5, 0.6) is 0 Å². The van der Waals surface area contributed by atoms with Crippen molar-refractivity contribution in [3.05, 3.63) is 28.2 Å². The molecule has 2 rings (SSSR count). The van der Waals surface area contributed by atoms with Crippen LogP contribution in [-0.2, 0) is 9.05 Å². The zero-order valence-electron chi connectivity index (χ0n) is 10.3. The highest BCUT2D eigenvalue weighted by molar-refractivity contribution is 9.10. The molecule has 0 radical (unpaired) electrons. The van der Waals surface area contributed by atoms with Crippen LogP contribution in [0.3, 0.4) is 0 Å². The summed E-state index contributed by atoms with van der Waals surface area (Å²) in [4.78, 5) is 14.0. The standard InChI is InChI=1S/C12H13BrClNO3S/c1-2-15(10-3-4-10)12(16)8-5-9(13)7-11(6-8)19(14,17)18/h5-7,10H,2-4H2,1H3. The van der Waals surface area contributed by atoms with E-state index in [-0.39, 0.29) is 16.8 Å². The summed E-state index contributed by atoms with van der Waals surface area (Å²) in [6.45, 7) is 2.52. The molecule has 1 aliphatic carbocycles. The van der Waals surface area contributed by atoms with Crippen LogP contribution in [0.4, 0.5) is 0 Å². The topological polar surface area (TPSA) is 54.5 Å². The minimum atomic E-state index is -3.85. The van der Waals surface area contributed by atoms with Gasteiger partial charge in [-0.2, -0.15) is 0 Å². The van der Waals surface area contributed by atoms with Gasteiger partial charge in [0.25, 0.3) is 15.0 Å². The van der Waals surface area contributed by atoms with Gasteiger partial charge in [-0.15, -0.1) is 0 Å². The number of benzene rings is 1. The number of hydrogen-bond acceptors (Lipinski definition) is 3. The fourth-order valence-electron chi connectivity index (χ4n) is 1.95. The van der Waals surface area contributed by atoms with Crippen LogP contribution in [-0.4, -0.2) is 31.8 Å². The minimum Gasteiger partial charge on any atom is -0.336 e. The summed E-state index contributed by atoms with van der Waals surface area (Å²) in [6, 6.07) is 4.60. The molecule has 0 N–H and O–H groups in total. The lowest BCUT2D eigenvalue weighted by Gasteiger charge is -2.20. The monoisotopic (exact) mass is 365 g/mol. The Bertz CT molecular complexity index is 613. The molecule has 0 unspecified atom stereocenters. The van der Waals surface area contributed by atoms with Gasteiger partial charge < -0.3 is 4.90 Å². The van der Waals surface area contributed by atoms with E-state index in [1.54, 1.807) is 11.0 Å². The van der Waals surface area contributed by atoms with Crippen LogP contribution in [0.2, 0.25) is 0 Å². The highest BCUT2D eigenvalue weighted by Gasteiger charge is 2.32. The Morgan fingerprint density at radius 2 is 2.05 bits per heavy atom. The van der Waals surface area contributed by atoms with Gasteiger partial charge in [-0.1, -0.05) is 15.9 Å². The van der Waals surface area contributed by atoms with Crippen molar-refractivity contribution in [1.82, 2.24) is 4.90 Å². The number of carbonyl (C=O) groups is 1. The highest BCUT2D eigenvalue weighted by atomic mass is 79.9. The molecule has 1 fully saturated rings. The van der Waals surface area contributed by atoms with Crippen LogP contribution in [0, 0.1) is 0 Å². The maximum atomic E-state index is 12.4. The van der Waals surface area contributed by atoms with Crippen LogP contribution in [0.15, 0.2) is 27.6 Å². The molecule has 0 atom stereocenters. The van der Waals surface area contributed by atoms with Crippen molar-refractivity contribution in [2.75, 3.05) is 6.54 Å².